The number of amides is 2. The fourth-order valence-corrected chi connectivity index (χ4v) is 5.08. The molecule has 0 bridgehead atoms. The number of rotatable bonds is 9. The van der Waals surface area contributed by atoms with E-state index in [-0.39, 0.29) is 18.4 Å². The fourth-order valence-electron chi connectivity index (χ4n) is 3.87. The summed E-state index contributed by atoms with van der Waals surface area (Å²) in [5.74, 6) is -0.837. The number of hydrogen-bond acceptors (Lipinski definition) is 5. The van der Waals surface area contributed by atoms with Gasteiger partial charge in [-0.3, -0.25) is 13.9 Å². The maximum Gasteiger partial charge on any atom is 0.253 e. The van der Waals surface area contributed by atoms with E-state index in [0.29, 0.717) is 30.1 Å². The molecule has 0 saturated carbocycles. The van der Waals surface area contributed by atoms with Crippen LogP contribution in [0.5, 0.6) is 0 Å². The van der Waals surface area contributed by atoms with E-state index in [0.717, 1.165) is 29.0 Å². The van der Waals surface area contributed by atoms with Crippen molar-refractivity contribution in [2.24, 2.45) is 0 Å². The van der Waals surface area contributed by atoms with E-state index in [1.54, 1.807) is 55.5 Å². The third kappa shape index (κ3) is 6.33. The normalized spacial score (nSPS) is 16.8. The molecule has 1 fully saturated rings. The third-order valence-corrected chi connectivity index (χ3v) is 6.74. The van der Waals surface area contributed by atoms with Crippen molar-refractivity contribution in [2.45, 2.75) is 45.3 Å². The summed E-state index contributed by atoms with van der Waals surface area (Å²) < 4.78 is 31.9. The van der Waals surface area contributed by atoms with E-state index in [1.165, 1.54) is 0 Å². The van der Waals surface area contributed by atoms with Crippen molar-refractivity contribution in [3.8, 4) is 0 Å². The molecule has 2 N–H and O–H groups in total. The fraction of sp³-hybridized carbons (Fsp3) is 0.417. The number of para-hydroxylation sites is 1. The quantitative estimate of drug-likeness (QED) is 0.582. The van der Waals surface area contributed by atoms with Crippen molar-refractivity contribution in [3.63, 3.8) is 0 Å². The predicted octanol–water partition coefficient (Wildman–Crippen LogP) is 3.09. The topological polar surface area (TPSA) is 105 Å². The lowest BCUT2D eigenvalue weighted by Crippen LogP contribution is -2.47. The van der Waals surface area contributed by atoms with Crippen LogP contribution in [0, 0.1) is 6.92 Å². The minimum Gasteiger partial charge on any atom is -0.376 e. The Kier molecular flexibility index (Phi) is 8.10. The first-order valence-corrected chi connectivity index (χ1v) is 12.9. The van der Waals surface area contributed by atoms with Crippen molar-refractivity contribution in [2.75, 3.05) is 29.0 Å². The van der Waals surface area contributed by atoms with Crippen LogP contribution in [0.3, 0.4) is 0 Å². The standard InChI is InChI=1S/C24H31N3O5S/c1-4-22(27(33(3,30)31)18-13-11-17(2)12-14-18)24(29)26-21-10-6-5-9-20(21)23(28)25-16-19-8-7-15-32-19/h5-6,9-14,19,22H,4,7-8,15-16H2,1-3H3,(H,25,28)(H,26,29). The predicted molar refractivity (Wildman–Crippen MR) is 129 cm³/mol. The molecular weight excluding hydrogens is 442 g/mol. The van der Waals surface area contributed by atoms with Crippen LogP contribution in [-0.2, 0) is 19.6 Å². The Hall–Kier alpha value is -2.91. The van der Waals surface area contributed by atoms with Crippen LogP contribution in [0.1, 0.15) is 42.1 Å². The van der Waals surface area contributed by atoms with Crippen LogP contribution >= 0.6 is 0 Å². The largest absolute Gasteiger partial charge is 0.376 e. The van der Waals surface area contributed by atoms with Gasteiger partial charge in [0.2, 0.25) is 15.9 Å². The third-order valence-electron chi connectivity index (χ3n) is 5.56. The van der Waals surface area contributed by atoms with Gasteiger partial charge in [0.1, 0.15) is 6.04 Å². The summed E-state index contributed by atoms with van der Waals surface area (Å²) in [5, 5.41) is 5.62. The van der Waals surface area contributed by atoms with Gasteiger partial charge in [-0.05, 0) is 50.5 Å². The van der Waals surface area contributed by atoms with E-state index >= 15 is 0 Å². The SMILES string of the molecule is CCC(C(=O)Nc1ccccc1C(=O)NCC1CCCO1)N(c1ccc(C)cc1)S(C)(=O)=O. The van der Waals surface area contributed by atoms with Gasteiger partial charge in [-0.1, -0.05) is 36.8 Å². The summed E-state index contributed by atoms with van der Waals surface area (Å²) in [7, 11) is -3.74. The highest BCUT2D eigenvalue weighted by Gasteiger charge is 2.32. The van der Waals surface area contributed by atoms with Crippen molar-refractivity contribution in [3.05, 3.63) is 59.7 Å². The summed E-state index contributed by atoms with van der Waals surface area (Å²) in [6.45, 7) is 4.74. The second kappa shape index (κ2) is 10.8. The lowest BCUT2D eigenvalue weighted by atomic mass is 10.1. The number of aryl methyl sites for hydroxylation is 1. The first kappa shape index (κ1) is 24.7. The van der Waals surface area contributed by atoms with Gasteiger partial charge in [-0.2, -0.15) is 0 Å². The van der Waals surface area contributed by atoms with Gasteiger partial charge >= 0.3 is 0 Å². The average molecular weight is 474 g/mol. The van der Waals surface area contributed by atoms with Gasteiger partial charge in [0.15, 0.2) is 0 Å². The van der Waals surface area contributed by atoms with Gasteiger partial charge in [0.25, 0.3) is 5.91 Å². The Labute approximate surface area is 195 Å². The first-order valence-electron chi connectivity index (χ1n) is 11.1. The molecular formula is C24H31N3O5S. The summed E-state index contributed by atoms with van der Waals surface area (Å²) in [6.07, 6.45) is 3.20. The minimum atomic E-state index is -3.74. The number of ether oxygens (including phenoxy) is 1. The maximum atomic E-state index is 13.2. The number of hydrogen-bond donors (Lipinski definition) is 2. The molecule has 178 valence electrons. The second-order valence-corrected chi connectivity index (χ2v) is 10.1. The lowest BCUT2D eigenvalue weighted by Gasteiger charge is -2.30. The van der Waals surface area contributed by atoms with Gasteiger partial charge < -0.3 is 15.4 Å². The van der Waals surface area contributed by atoms with E-state index in [1.807, 2.05) is 6.92 Å². The van der Waals surface area contributed by atoms with Crippen molar-refractivity contribution >= 4 is 33.2 Å². The monoisotopic (exact) mass is 473 g/mol. The molecule has 0 aliphatic carbocycles. The number of nitrogens with one attached hydrogen (secondary N) is 2. The van der Waals surface area contributed by atoms with Gasteiger partial charge in [0.05, 0.1) is 29.3 Å². The molecule has 1 aliphatic heterocycles. The molecule has 0 aromatic heterocycles. The van der Waals surface area contributed by atoms with Gasteiger partial charge in [-0.15, -0.1) is 0 Å². The van der Waals surface area contributed by atoms with E-state index in [4.69, 9.17) is 4.74 Å². The zero-order valence-electron chi connectivity index (χ0n) is 19.2. The molecule has 1 heterocycles. The molecule has 1 aliphatic rings. The van der Waals surface area contributed by atoms with Gasteiger partial charge in [0, 0.05) is 13.2 Å². The Morgan fingerprint density at radius 2 is 1.85 bits per heavy atom. The Bertz CT molecular complexity index is 1080. The van der Waals surface area contributed by atoms with Crippen molar-refractivity contribution in [1.82, 2.24) is 5.32 Å². The molecule has 33 heavy (non-hydrogen) atoms. The summed E-state index contributed by atoms with van der Waals surface area (Å²) >= 11 is 0. The van der Waals surface area contributed by atoms with Gasteiger partial charge in [-0.25, -0.2) is 8.42 Å². The van der Waals surface area contributed by atoms with Crippen LogP contribution in [0.25, 0.3) is 0 Å². The lowest BCUT2D eigenvalue weighted by molar-refractivity contribution is -0.117. The number of benzene rings is 2. The van der Waals surface area contributed by atoms with Crippen LogP contribution < -0.4 is 14.9 Å². The number of anilines is 2. The average Bonchev–Trinajstić information content (AvgIpc) is 3.30. The molecule has 2 unspecified atom stereocenters. The summed E-state index contributed by atoms with van der Waals surface area (Å²) in [5.41, 5.74) is 2.02. The van der Waals surface area contributed by atoms with E-state index < -0.39 is 22.0 Å². The first-order chi connectivity index (χ1) is 15.7. The molecule has 9 heteroatoms. The highest BCUT2D eigenvalue weighted by molar-refractivity contribution is 7.92. The minimum absolute atomic E-state index is 0.00185. The molecule has 2 aromatic carbocycles. The number of sulfonamides is 1. The second-order valence-electron chi connectivity index (χ2n) is 8.20. The molecule has 0 radical (unpaired) electrons. The van der Waals surface area contributed by atoms with Crippen LogP contribution in [0.2, 0.25) is 0 Å². The highest BCUT2D eigenvalue weighted by Crippen LogP contribution is 2.24. The molecule has 2 aromatic rings. The molecule has 3 rings (SSSR count). The Morgan fingerprint density at radius 3 is 2.45 bits per heavy atom. The number of nitrogens with zero attached hydrogens (tertiary/aromatic N) is 1. The maximum absolute atomic E-state index is 13.2. The number of carbonyl (C=O) groups is 2. The van der Waals surface area contributed by atoms with Crippen LogP contribution in [0.15, 0.2) is 48.5 Å². The smallest absolute Gasteiger partial charge is 0.253 e. The molecule has 8 nitrogen and oxygen atoms in total. The molecule has 2 atom stereocenters. The Morgan fingerprint density at radius 1 is 1.15 bits per heavy atom. The summed E-state index contributed by atoms with van der Waals surface area (Å²) in [4.78, 5) is 26.0. The van der Waals surface area contributed by atoms with E-state index in [2.05, 4.69) is 10.6 Å². The number of carbonyl (C=O) groups excluding carboxylic acids is 2. The highest BCUT2D eigenvalue weighted by atomic mass is 32.2. The molecule has 1 saturated heterocycles. The van der Waals surface area contributed by atoms with Crippen molar-refractivity contribution in [1.29, 1.82) is 0 Å². The zero-order valence-corrected chi connectivity index (χ0v) is 20.0. The molecule has 2 amide bonds. The Balaban J connectivity index is 1.81. The van der Waals surface area contributed by atoms with E-state index in [9.17, 15) is 18.0 Å². The van der Waals surface area contributed by atoms with Crippen molar-refractivity contribution < 1.29 is 22.7 Å². The molecule has 0 spiro atoms. The van der Waals surface area contributed by atoms with Crippen LogP contribution in [0.4, 0.5) is 11.4 Å². The van der Waals surface area contributed by atoms with Crippen LogP contribution in [-0.4, -0.2) is 51.8 Å². The summed E-state index contributed by atoms with van der Waals surface area (Å²) in [6, 6.07) is 12.6. The zero-order chi connectivity index (χ0) is 24.0.